The number of hydrogen-bond donors (Lipinski definition) is 0. The Kier molecular flexibility index (Phi) is 7.76. The van der Waals surface area contributed by atoms with E-state index in [2.05, 4.69) is 102 Å². The Morgan fingerprint density at radius 2 is 1.02 bits per heavy atom. The van der Waals surface area contributed by atoms with Crippen LogP contribution in [0.5, 0.6) is 11.5 Å². The average Bonchev–Trinajstić information content (AvgIpc) is 3.23. The lowest BCUT2D eigenvalue weighted by molar-refractivity contribution is 0.486. The van der Waals surface area contributed by atoms with Gasteiger partial charge in [-0.3, -0.25) is 9.97 Å². The van der Waals surface area contributed by atoms with Crippen molar-refractivity contribution in [3.8, 4) is 78.9 Å². The minimum atomic E-state index is 0.602. The molecule has 0 amide bonds. The molecule has 0 fully saturated rings. The van der Waals surface area contributed by atoms with Crippen LogP contribution in [-0.4, -0.2) is 19.9 Å². The lowest BCUT2D eigenvalue weighted by atomic mass is 9.94. The molecular formula is C46H30N4O. The predicted molar refractivity (Wildman–Crippen MR) is 206 cm³/mol. The van der Waals surface area contributed by atoms with E-state index in [-0.39, 0.29) is 0 Å². The van der Waals surface area contributed by atoms with E-state index in [0.29, 0.717) is 5.82 Å². The fourth-order valence-corrected chi connectivity index (χ4v) is 6.53. The fourth-order valence-electron chi connectivity index (χ4n) is 6.53. The number of ether oxygens (including phenoxy) is 1. The van der Waals surface area contributed by atoms with Gasteiger partial charge in [-0.05, 0) is 70.8 Å². The number of aromatic nitrogens is 4. The van der Waals surface area contributed by atoms with E-state index in [0.717, 1.165) is 84.2 Å². The number of hydrogen-bond acceptors (Lipinski definition) is 5. The molecule has 5 nitrogen and oxygen atoms in total. The van der Waals surface area contributed by atoms with E-state index in [9.17, 15) is 0 Å². The molecule has 9 rings (SSSR count). The normalized spacial score (nSPS) is 11.6. The molecule has 0 saturated carbocycles. The highest BCUT2D eigenvalue weighted by molar-refractivity contribution is 5.90. The highest BCUT2D eigenvalue weighted by atomic mass is 16.5. The van der Waals surface area contributed by atoms with Crippen LogP contribution in [0.2, 0.25) is 0 Å². The Labute approximate surface area is 296 Å². The molecule has 5 heteroatoms. The van der Waals surface area contributed by atoms with Gasteiger partial charge in [-0.15, -0.1) is 0 Å². The number of para-hydroxylation sites is 2. The van der Waals surface area contributed by atoms with E-state index >= 15 is 0 Å². The summed E-state index contributed by atoms with van der Waals surface area (Å²) in [6.07, 6.45) is 9.79. The monoisotopic (exact) mass is 654 g/mol. The van der Waals surface area contributed by atoms with Crippen molar-refractivity contribution >= 4 is 12.2 Å². The van der Waals surface area contributed by atoms with Gasteiger partial charge < -0.3 is 4.74 Å². The summed E-state index contributed by atoms with van der Waals surface area (Å²) >= 11 is 0. The van der Waals surface area contributed by atoms with Crippen LogP contribution in [0.4, 0.5) is 0 Å². The Morgan fingerprint density at radius 1 is 0.392 bits per heavy atom. The van der Waals surface area contributed by atoms with Gasteiger partial charge in [0, 0.05) is 52.0 Å². The molecule has 0 N–H and O–H groups in total. The summed E-state index contributed by atoms with van der Waals surface area (Å²) in [7, 11) is 0. The topological polar surface area (TPSA) is 60.8 Å². The quantitative estimate of drug-likeness (QED) is 0.189. The van der Waals surface area contributed by atoms with E-state index in [1.807, 2.05) is 79.1 Å². The zero-order valence-electron chi connectivity index (χ0n) is 27.5. The molecule has 3 aromatic heterocycles. The van der Waals surface area contributed by atoms with Crippen molar-refractivity contribution in [1.29, 1.82) is 0 Å². The van der Waals surface area contributed by atoms with Crippen molar-refractivity contribution in [1.82, 2.24) is 19.9 Å². The third-order valence-corrected chi connectivity index (χ3v) is 9.10. The molecule has 0 aliphatic carbocycles. The van der Waals surface area contributed by atoms with Crippen LogP contribution in [0.25, 0.3) is 79.6 Å². The molecule has 1 aliphatic rings. The first-order chi connectivity index (χ1) is 25.3. The second kappa shape index (κ2) is 13.1. The zero-order valence-corrected chi connectivity index (χ0v) is 27.5. The zero-order chi connectivity index (χ0) is 34.0. The molecule has 8 aromatic rings. The van der Waals surface area contributed by atoms with Gasteiger partial charge in [0.2, 0.25) is 0 Å². The summed E-state index contributed by atoms with van der Waals surface area (Å²) in [4.78, 5) is 19.2. The Balaban J connectivity index is 1.21. The molecule has 4 heterocycles. The van der Waals surface area contributed by atoms with E-state index in [1.54, 1.807) is 6.20 Å². The number of rotatable bonds is 4. The maximum absolute atomic E-state index is 6.76. The van der Waals surface area contributed by atoms with Gasteiger partial charge in [-0.1, -0.05) is 115 Å². The lowest BCUT2D eigenvalue weighted by Crippen LogP contribution is -1.97. The van der Waals surface area contributed by atoms with Crippen LogP contribution < -0.4 is 4.74 Å². The van der Waals surface area contributed by atoms with Crippen LogP contribution in [0.1, 0.15) is 11.1 Å². The first-order valence-electron chi connectivity index (χ1n) is 16.9. The third kappa shape index (κ3) is 5.98. The van der Waals surface area contributed by atoms with Crippen molar-refractivity contribution in [3.63, 3.8) is 0 Å². The second-order valence-corrected chi connectivity index (χ2v) is 12.3. The van der Waals surface area contributed by atoms with E-state index in [4.69, 9.17) is 19.7 Å². The molecule has 0 spiro atoms. The Hall–Kier alpha value is -6.98. The number of nitrogens with zero attached hydrogens (tertiary/aromatic N) is 4. The summed E-state index contributed by atoms with van der Waals surface area (Å²) < 4.78 is 6.76. The molecule has 0 radical (unpaired) electrons. The first kappa shape index (κ1) is 30.1. The standard InChI is InChI=1S/C46H30N4O/c1-2-12-33(13-3-1)42-28-43(50-46(49-42)36-24-25-41(48-30-36)35-14-10-26-47-29-35)34-23-22-32-21-20-31-11-4-5-15-37(31)38-16-6-8-18-44(38)51-45-19-9-7-17-39(45)40(32)27-34/h1-30H. The first-order valence-corrected chi connectivity index (χ1v) is 16.9. The molecule has 240 valence electrons. The Bertz CT molecular complexity index is 2550. The molecule has 5 aromatic carbocycles. The number of pyridine rings is 2. The minimum Gasteiger partial charge on any atom is -0.456 e. The largest absolute Gasteiger partial charge is 0.456 e. The summed E-state index contributed by atoms with van der Waals surface area (Å²) in [5.74, 6) is 2.19. The van der Waals surface area contributed by atoms with Crippen molar-refractivity contribution in [2.24, 2.45) is 0 Å². The maximum atomic E-state index is 6.76. The maximum Gasteiger partial charge on any atom is 0.161 e. The lowest BCUT2D eigenvalue weighted by Gasteiger charge is -2.16. The van der Waals surface area contributed by atoms with Gasteiger partial charge in [-0.25, -0.2) is 9.97 Å². The molecular weight excluding hydrogens is 625 g/mol. The van der Waals surface area contributed by atoms with E-state index in [1.165, 1.54) is 0 Å². The van der Waals surface area contributed by atoms with Crippen LogP contribution in [0, 0.1) is 0 Å². The van der Waals surface area contributed by atoms with Crippen LogP contribution in [0.15, 0.2) is 170 Å². The van der Waals surface area contributed by atoms with Crippen LogP contribution >= 0.6 is 0 Å². The summed E-state index contributed by atoms with van der Waals surface area (Å²) in [6, 6.07) is 51.6. The molecule has 0 unspecified atom stereocenters. The SMILES string of the molecule is C1=Cc2ccc(-c3cc(-c4ccccc4)nc(-c4ccc(-c5cccnc5)nc4)n3)cc2-c2ccccc2Oc2ccccc2-c2ccccc21. The van der Waals surface area contributed by atoms with Gasteiger partial charge in [0.25, 0.3) is 0 Å². The highest BCUT2D eigenvalue weighted by Crippen LogP contribution is 2.42. The molecule has 0 bridgehead atoms. The van der Waals surface area contributed by atoms with E-state index < -0.39 is 0 Å². The van der Waals surface area contributed by atoms with Crippen LogP contribution in [-0.2, 0) is 0 Å². The van der Waals surface area contributed by atoms with Crippen molar-refractivity contribution in [2.75, 3.05) is 0 Å². The average molecular weight is 655 g/mol. The molecule has 0 atom stereocenters. The summed E-state index contributed by atoms with van der Waals surface area (Å²) in [6.45, 7) is 0. The smallest absolute Gasteiger partial charge is 0.161 e. The highest BCUT2D eigenvalue weighted by Gasteiger charge is 2.18. The predicted octanol–water partition coefficient (Wildman–Crippen LogP) is 11.5. The van der Waals surface area contributed by atoms with Gasteiger partial charge >= 0.3 is 0 Å². The fraction of sp³-hybridized carbons (Fsp3) is 0. The molecule has 1 aliphatic heterocycles. The molecule has 51 heavy (non-hydrogen) atoms. The van der Waals surface area contributed by atoms with Gasteiger partial charge in [0.05, 0.1) is 17.1 Å². The van der Waals surface area contributed by atoms with Gasteiger partial charge in [0.15, 0.2) is 5.82 Å². The molecule has 0 saturated heterocycles. The number of benzene rings is 5. The summed E-state index contributed by atoms with van der Waals surface area (Å²) in [5, 5.41) is 0. The number of fused-ring (bicyclic) bond motifs is 6. The van der Waals surface area contributed by atoms with Crippen molar-refractivity contribution in [2.45, 2.75) is 0 Å². The Morgan fingerprint density at radius 3 is 1.75 bits per heavy atom. The summed E-state index contributed by atoms with van der Waals surface area (Å²) in [5.41, 5.74) is 12.6. The second-order valence-electron chi connectivity index (χ2n) is 12.3. The van der Waals surface area contributed by atoms with Gasteiger partial charge in [-0.2, -0.15) is 0 Å². The third-order valence-electron chi connectivity index (χ3n) is 9.10. The van der Waals surface area contributed by atoms with Crippen molar-refractivity contribution < 1.29 is 4.74 Å². The van der Waals surface area contributed by atoms with Crippen molar-refractivity contribution in [3.05, 3.63) is 181 Å². The minimum absolute atomic E-state index is 0.602. The van der Waals surface area contributed by atoms with Crippen LogP contribution in [0.3, 0.4) is 0 Å². The van der Waals surface area contributed by atoms with Gasteiger partial charge in [0.1, 0.15) is 11.5 Å².